The van der Waals surface area contributed by atoms with Crippen molar-refractivity contribution in [3.8, 4) is 5.75 Å². The van der Waals surface area contributed by atoms with Crippen LogP contribution < -0.4 is 4.74 Å². The molecule has 2 fully saturated rings. The number of nitro groups is 1. The van der Waals surface area contributed by atoms with Gasteiger partial charge in [0.25, 0.3) is 5.69 Å². The first kappa shape index (κ1) is 17.1. The number of hydrogen-bond acceptors (Lipinski definition) is 6. The SMILES string of the molecule is O=[N+]([O-])c1cccc(OCCN2CCN([C@H]3CCC[C@@H]3O)CC2)c1. The summed E-state index contributed by atoms with van der Waals surface area (Å²) in [5.74, 6) is 0.539. The Morgan fingerprint density at radius 2 is 2.04 bits per heavy atom. The number of non-ortho nitro benzene ring substituents is 1. The number of aliphatic hydroxyl groups is 1. The van der Waals surface area contributed by atoms with Crippen molar-refractivity contribution in [3.63, 3.8) is 0 Å². The summed E-state index contributed by atoms with van der Waals surface area (Å²) in [6.45, 7) is 5.25. The fourth-order valence-electron chi connectivity index (χ4n) is 3.64. The molecule has 1 aromatic carbocycles. The van der Waals surface area contributed by atoms with Crippen molar-refractivity contribution in [1.29, 1.82) is 0 Å². The highest BCUT2D eigenvalue weighted by Crippen LogP contribution is 2.25. The summed E-state index contributed by atoms with van der Waals surface area (Å²) in [6.07, 6.45) is 3.01. The maximum Gasteiger partial charge on any atom is 0.273 e. The lowest BCUT2D eigenvalue weighted by molar-refractivity contribution is -0.384. The van der Waals surface area contributed by atoms with E-state index < -0.39 is 4.92 Å². The van der Waals surface area contributed by atoms with Crippen LogP contribution >= 0.6 is 0 Å². The fraction of sp³-hybridized carbons (Fsp3) is 0.647. The van der Waals surface area contributed by atoms with Crippen LogP contribution in [0.1, 0.15) is 19.3 Å². The molecule has 1 heterocycles. The third-order valence-corrected chi connectivity index (χ3v) is 5.02. The van der Waals surface area contributed by atoms with E-state index in [1.807, 2.05) is 0 Å². The Hall–Kier alpha value is -1.70. The van der Waals surface area contributed by atoms with Gasteiger partial charge in [-0.05, 0) is 25.3 Å². The van der Waals surface area contributed by atoms with Crippen molar-refractivity contribution in [2.24, 2.45) is 0 Å². The number of nitrogens with zero attached hydrogens (tertiary/aromatic N) is 3. The molecule has 2 atom stereocenters. The van der Waals surface area contributed by atoms with Gasteiger partial charge in [-0.1, -0.05) is 6.07 Å². The highest BCUT2D eigenvalue weighted by molar-refractivity contribution is 5.37. The van der Waals surface area contributed by atoms with Crippen molar-refractivity contribution < 1.29 is 14.8 Å². The third-order valence-electron chi connectivity index (χ3n) is 5.02. The Balaban J connectivity index is 1.39. The monoisotopic (exact) mass is 335 g/mol. The van der Waals surface area contributed by atoms with Crippen LogP contribution in [0.5, 0.6) is 5.75 Å². The second kappa shape index (κ2) is 7.92. The number of benzene rings is 1. The van der Waals surface area contributed by atoms with Crippen molar-refractivity contribution in [3.05, 3.63) is 34.4 Å². The zero-order valence-electron chi connectivity index (χ0n) is 13.8. The predicted molar refractivity (Wildman–Crippen MR) is 90.3 cm³/mol. The molecular weight excluding hydrogens is 310 g/mol. The first-order valence-electron chi connectivity index (χ1n) is 8.65. The predicted octanol–water partition coefficient (Wildman–Crippen LogP) is 1.50. The molecule has 0 radical (unpaired) electrons. The van der Waals surface area contributed by atoms with Gasteiger partial charge in [-0.3, -0.25) is 19.9 Å². The van der Waals surface area contributed by atoms with Gasteiger partial charge in [0.2, 0.25) is 0 Å². The maximum atomic E-state index is 10.8. The molecule has 24 heavy (non-hydrogen) atoms. The molecule has 2 aliphatic rings. The summed E-state index contributed by atoms with van der Waals surface area (Å²) in [5.41, 5.74) is 0.0521. The molecule has 132 valence electrons. The molecule has 0 amide bonds. The van der Waals surface area contributed by atoms with Crippen LogP contribution in [0.2, 0.25) is 0 Å². The van der Waals surface area contributed by atoms with Gasteiger partial charge in [0.05, 0.1) is 17.1 Å². The summed E-state index contributed by atoms with van der Waals surface area (Å²) in [6, 6.07) is 6.64. The van der Waals surface area contributed by atoms with Crippen LogP contribution in [0.15, 0.2) is 24.3 Å². The average Bonchev–Trinajstić information content (AvgIpc) is 3.02. The molecule has 0 spiro atoms. The van der Waals surface area contributed by atoms with Crippen molar-refractivity contribution in [2.45, 2.75) is 31.4 Å². The molecule has 7 heteroatoms. The zero-order chi connectivity index (χ0) is 16.9. The molecule has 3 rings (SSSR count). The summed E-state index contributed by atoms with van der Waals surface area (Å²) in [7, 11) is 0. The quantitative estimate of drug-likeness (QED) is 0.627. The lowest BCUT2D eigenvalue weighted by Crippen LogP contribution is -2.52. The molecule has 1 aromatic rings. The minimum atomic E-state index is -0.413. The van der Waals surface area contributed by atoms with E-state index >= 15 is 0 Å². The van der Waals surface area contributed by atoms with E-state index in [4.69, 9.17) is 4.74 Å². The average molecular weight is 335 g/mol. The van der Waals surface area contributed by atoms with Crippen LogP contribution in [0.4, 0.5) is 5.69 Å². The summed E-state index contributed by atoms with van der Waals surface area (Å²) in [4.78, 5) is 15.1. The van der Waals surface area contributed by atoms with Crippen LogP contribution in [0, 0.1) is 10.1 Å². The molecule has 1 aliphatic carbocycles. The van der Waals surface area contributed by atoms with Gasteiger partial charge in [0.1, 0.15) is 12.4 Å². The molecule has 1 aliphatic heterocycles. The fourth-order valence-corrected chi connectivity index (χ4v) is 3.64. The van der Waals surface area contributed by atoms with Gasteiger partial charge in [-0.15, -0.1) is 0 Å². The minimum Gasteiger partial charge on any atom is -0.492 e. The minimum absolute atomic E-state index is 0.0521. The van der Waals surface area contributed by atoms with Gasteiger partial charge in [0.15, 0.2) is 0 Å². The van der Waals surface area contributed by atoms with E-state index in [0.29, 0.717) is 18.4 Å². The highest BCUT2D eigenvalue weighted by atomic mass is 16.6. The smallest absolute Gasteiger partial charge is 0.273 e. The third kappa shape index (κ3) is 4.23. The second-order valence-corrected chi connectivity index (χ2v) is 6.55. The lowest BCUT2D eigenvalue weighted by Gasteiger charge is -2.39. The van der Waals surface area contributed by atoms with Gasteiger partial charge in [-0.25, -0.2) is 0 Å². The number of ether oxygens (including phenoxy) is 1. The number of rotatable bonds is 6. The number of hydrogen-bond donors (Lipinski definition) is 1. The molecule has 7 nitrogen and oxygen atoms in total. The largest absolute Gasteiger partial charge is 0.492 e. The van der Waals surface area contributed by atoms with E-state index in [1.165, 1.54) is 12.1 Å². The Bertz CT molecular complexity index is 561. The number of aliphatic hydroxyl groups excluding tert-OH is 1. The summed E-state index contributed by atoms with van der Waals surface area (Å²) >= 11 is 0. The first-order valence-corrected chi connectivity index (χ1v) is 8.65. The van der Waals surface area contributed by atoms with E-state index in [0.717, 1.165) is 52.0 Å². The van der Waals surface area contributed by atoms with Crippen molar-refractivity contribution in [1.82, 2.24) is 9.80 Å². The maximum absolute atomic E-state index is 10.8. The molecular formula is C17H25N3O4. The molecule has 0 aromatic heterocycles. The van der Waals surface area contributed by atoms with Gasteiger partial charge < -0.3 is 9.84 Å². The lowest BCUT2D eigenvalue weighted by atomic mass is 10.1. The van der Waals surface area contributed by atoms with Crippen molar-refractivity contribution in [2.75, 3.05) is 39.3 Å². The number of piperazine rings is 1. The van der Waals surface area contributed by atoms with E-state index in [1.54, 1.807) is 12.1 Å². The van der Waals surface area contributed by atoms with Gasteiger partial charge >= 0.3 is 0 Å². The second-order valence-electron chi connectivity index (χ2n) is 6.55. The highest BCUT2D eigenvalue weighted by Gasteiger charge is 2.32. The summed E-state index contributed by atoms with van der Waals surface area (Å²) in [5, 5.41) is 20.8. The Labute approximate surface area is 142 Å². The molecule has 0 bridgehead atoms. The standard InChI is InChI=1S/C17H25N3O4/c21-17-6-2-5-16(17)19-9-7-18(8-10-19)11-12-24-15-4-1-3-14(13-15)20(22)23/h1,3-4,13,16-17,21H,2,5-12H2/t16-,17-/m0/s1. The molecule has 0 unspecified atom stereocenters. The Morgan fingerprint density at radius 3 is 2.71 bits per heavy atom. The van der Waals surface area contributed by atoms with E-state index in [9.17, 15) is 15.2 Å². The molecule has 1 saturated heterocycles. The van der Waals surface area contributed by atoms with Crippen LogP contribution in [0.3, 0.4) is 0 Å². The normalized spacial score (nSPS) is 25.7. The first-order chi connectivity index (χ1) is 11.6. The van der Waals surface area contributed by atoms with Crippen molar-refractivity contribution >= 4 is 5.69 Å². The van der Waals surface area contributed by atoms with Gasteiger partial charge in [-0.2, -0.15) is 0 Å². The Kier molecular flexibility index (Phi) is 5.65. The molecule has 1 saturated carbocycles. The Morgan fingerprint density at radius 1 is 1.25 bits per heavy atom. The summed E-state index contributed by atoms with van der Waals surface area (Å²) < 4.78 is 5.64. The zero-order valence-corrected chi connectivity index (χ0v) is 13.8. The van der Waals surface area contributed by atoms with Crippen LogP contribution in [0.25, 0.3) is 0 Å². The van der Waals surface area contributed by atoms with E-state index in [-0.39, 0.29) is 11.8 Å². The van der Waals surface area contributed by atoms with Crippen LogP contribution in [-0.4, -0.2) is 71.3 Å². The topological polar surface area (TPSA) is 79.1 Å². The van der Waals surface area contributed by atoms with E-state index in [2.05, 4.69) is 9.80 Å². The molecule has 1 N–H and O–H groups in total. The number of nitro benzene ring substituents is 1. The van der Waals surface area contributed by atoms with Crippen LogP contribution in [-0.2, 0) is 0 Å². The van der Waals surface area contributed by atoms with Gasteiger partial charge in [0, 0.05) is 44.8 Å².